The van der Waals surface area contributed by atoms with Crippen LogP contribution in [-0.4, -0.2) is 10.4 Å². The van der Waals surface area contributed by atoms with E-state index in [4.69, 9.17) is 0 Å². The molecule has 1 heterocycles. The summed E-state index contributed by atoms with van der Waals surface area (Å²) < 4.78 is 1.91. The minimum Gasteiger partial charge on any atom is -0.248 e. The van der Waals surface area contributed by atoms with Crippen molar-refractivity contribution in [3.8, 4) is 0 Å². The van der Waals surface area contributed by atoms with E-state index in [2.05, 4.69) is 5.10 Å². The first-order valence-corrected chi connectivity index (χ1v) is 4.56. The number of rotatable bonds is 1. The molecule has 1 spiro atoms. The van der Waals surface area contributed by atoms with E-state index in [1.807, 2.05) is 29.2 Å². The molecule has 0 saturated heterocycles. The molecule has 0 N–H and O–H groups in total. The standard InChI is InChI=1S/C10H12N2/c1-2-6-12(5-1)11-9-7-10(8-9)3-4-10/h1-2,5-6H,3-4,7-8H2. The van der Waals surface area contributed by atoms with E-state index in [9.17, 15) is 0 Å². The summed E-state index contributed by atoms with van der Waals surface area (Å²) in [6.07, 6.45) is 9.38. The van der Waals surface area contributed by atoms with Gasteiger partial charge >= 0.3 is 0 Å². The zero-order valence-electron chi connectivity index (χ0n) is 7.03. The van der Waals surface area contributed by atoms with Crippen molar-refractivity contribution in [3.05, 3.63) is 24.5 Å². The highest BCUT2D eigenvalue weighted by atomic mass is 15.3. The van der Waals surface area contributed by atoms with Gasteiger partial charge in [0.1, 0.15) is 0 Å². The van der Waals surface area contributed by atoms with E-state index in [1.54, 1.807) is 0 Å². The molecule has 12 heavy (non-hydrogen) atoms. The maximum Gasteiger partial charge on any atom is 0.0400 e. The van der Waals surface area contributed by atoms with Crippen molar-refractivity contribution in [2.45, 2.75) is 25.7 Å². The lowest BCUT2D eigenvalue weighted by atomic mass is 9.80. The first-order chi connectivity index (χ1) is 5.86. The van der Waals surface area contributed by atoms with Gasteiger partial charge in [-0.3, -0.25) is 0 Å². The Hall–Kier alpha value is -1.05. The van der Waals surface area contributed by atoms with Gasteiger partial charge in [0.25, 0.3) is 0 Å². The third kappa shape index (κ3) is 0.909. The Labute approximate surface area is 71.9 Å². The molecule has 1 aromatic heterocycles. The molecule has 2 nitrogen and oxygen atoms in total. The lowest BCUT2D eigenvalue weighted by molar-refractivity contribution is 0.476. The average molecular weight is 160 g/mol. The fourth-order valence-corrected chi connectivity index (χ4v) is 1.97. The lowest BCUT2D eigenvalue weighted by Gasteiger charge is -2.27. The molecule has 2 aliphatic carbocycles. The predicted octanol–water partition coefficient (Wildman–Crippen LogP) is 2.27. The van der Waals surface area contributed by atoms with Crippen LogP contribution < -0.4 is 0 Å². The molecule has 2 aliphatic rings. The highest BCUT2D eigenvalue weighted by Gasteiger charge is 2.51. The van der Waals surface area contributed by atoms with E-state index in [0.29, 0.717) is 0 Å². The van der Waals surface area contributed by atoms with Crippen molar-refractivity contribution in [1.82, 2.24) is 4.68 Å². The van der Waals surface area contributed by atoms with Crippen LogP contribution in [0.2, 0.25) is 0 Å². The summed E-state index contributed by atoms with van der Waals surface area (Å²) in [5, 5.41) is 4.49. The highest BCUT2D eigenvalue weighted by molar-refractivity contribution is 5.92. The average Bonchev–Trinajstić information content (AvgIpc) is 2.59. The first-order valence-electron chi connectivity index (χ1n) is 4.56. The number of hydrogen-bond acceptors (Lipinski definition) is 1. The van der Waals surface area contributed by atoms with Gasteiger partial charge in [-0.2, -0.15) is 5.10 Å². The molecule has 62 valence electrons. The van der Waals surface area contributed by atoms with Gasteiger partial charge in [-0.1, -0.05) is 0 Å². The quantitative estimate of drug-likeness (QED) is 0.599. The fraction of sp³-hybridized carbons (Fsp3) is 0.500. The Balaban J connectivity index is 1.75. The smallest absolute Gasteiger partial charge is 0.0400 e. The topological polar surface area (TPSA) is 17.3 Å². The minimum absolute atomic E-state index is 0.742. The van der Waals surface area contributed by atoms with E-state index >= 15 is 0 Å². The van der Waals surface area contributed by atoms with E-state index in [-0.39, 0.29) is 0 Å². The van der Waals surface area contributed by atoms with E-state index in [1.165, 1.54) is 31.4 Å². The van der Waals surface area contributed by atoms with Crippen LogP contribution in [0.5, 0.6) is 0 Å². The Bertz CT molecular complexity index is 308. The Morgan fingerprint density at radius 1 is 1.17 bits per heavy atom. The molecule has 0 aliphatic heterocycles. The van der Waals surface area contributed by atoms with Gasteiger partial charge in [0, 0.05) is 18.1 Å². The van der Waals surface area contributed by atoms with Crippen LogP contribution in [-0.2, 0) is 0 Å². The van der Waals surface area contributed by atoms with Crippen LogP contribution in [0.3, 0.4) is 0 Å². The maximum absolute atomic E-state index is 4.49. The molecule has 0 radical (unpaired) electrons. The molecular weight excluding hydrogens is 148 g/mol. The number of hydrogen-bond donors (Lipinski definition) is 0. The Morgan fingerprint density at radius 2 is 1.83 bits per heavy atom. The van der Waals surface area contributed by atoms with Crippen molar-refractivity contribution >= 4 is 5.71 Å². The van der Waals surface area contributed by atoms with Crippen LogP contribution in [0.15, 0.2) is 29.6 Å². The van der Waals surface area contributed by atoms with Gasteiger partial charge < -0.3 is 0 Å². The molecule has 0 unspecified atom stereocenters. The molecule has 2 saturated carbocycles. The van der Waals surface area contributed by atoms with Gasteiger partial charge in [-0.25, -0.2) is 4.68 Å². The maximum atomic E-state index is 4.49. The molecular formula is C10H12N2. The van der Waals surface area contributed by atoms with E-state index in [0.717, 1.165) is 5.41 Å². The van der Waals surface area contributed by atoms with Crippen molar-refractivity contribution < 1.29 is 0 Å². The monoisotopic (exact) mass is 160 g/mol. The highest BCUT2D eigenvalue weighted by Crippen LogP contribution is 2.59. The molecule has 0 bridgehead atoms. The predicted molar refractivity (Wildman–Crippen MR) is 48.2 cm³/mol. The third-order valence-electron chi connectivity index (χ3n) is 2.96. The molecule has 0 aromatic carbocycles. The van der Waals surface area contributed by atoms with Gasteiger partial charge in [0.2, 0.25) is 0 Å². The first kappa shape index (κ1) is 6.46. The van der Waals surface area contributed by atoms with Crippen molar-refractivity contribution in [2.75, 3.05) is 0 Å². The second-order valence-electron chi connectivity index (χ2n) is 4.08. The summed E-state index contributed by atoms with van der Waals surface area (Å²) in [4.78, 5) is 0. The molecule has 1 aromatic rings. The zero-order valence-corrected chi connectivity index (χ0v) is 7.03. The molecule has 0 amide bonds. The van der Waals surface area contributed by atoms with Crippen LogP contribution in [0.1, 0.15) is 25.7 Å². The SMILES string of the molecule is c1ccn(N=C2CC3(CC3)C2)c1. The second kappa shape index (κ2) is 2.00. The van der Waals surface area contributed by atoms with E-state index < -0.39 is 0 Å². The molecule has 2 heteroatoms. The normalized spacial score (nSPS) is 23.8. The summed E-state index contributed by atoms with van der Waals surface area (Å²) in [6, 6.07) is 4.02. The number of aromatic nitrogens is 1. The summed E-state index contributed by atoms with van der Waals surface area (Å²) in [7, 11) is 0. The van der Waals surface area contributed by atoms with Crippen molar-refractivity contribution in [1.29, 1.82) is 0 Å². The van der Waals surface area contributed by atoms with Gasteiger partial charge in [-0.15, -0.1) is 0 Å². The Kier molecular flexibility index (Phi) is 1.08. The van der Waals surface area contributed by atoms with Gasteiger partial charge in [0.15, 0.2) is 0 Å². The van der Waals surface area contributed by atoms with Crippen LogP contribution >= 0.6 is 0 Å². The van der Waals surface area contributed by atoms with Crippen LogP contribution in [0.4, 0.5) is 0 Å². The second-order valence-corrected chi connectivity index (χ2v) is 4.08. The minimum atomic E-state index is 0.742. The summed E-state index contributed by atoms with van der Waals surface area (Å²) in [5.74, 6) is 0. The number of nitrogens with zero attached hydrogens (tertiary/aromatic N) is 2. The third-order valence-corrected chi connectivity index (χ3v) is 2.96. The van der Waals surface area contributed by atoms with Crippen molar-refractivity contribution in [2.24, 2.45) is 10.5 Å². The fourth-order valence-electron chi connectivity index (χ4n) is 1.97. The van der Waals surface area contributed by atoms with Gasteiger partial charge in [-0.05, 0) is 43.2 Å². The largest absolute Gasteiger partial charge is 0.248 e. The molecule has 3 rings (SSSR count). The summed E-state index contributed by atoms with van der Waals surface area (Å²) >= 11 is 0. The lowest BCUT2D eigenvalue weighted by Crippen LogP contribution is -2.25. The van der Waals surface area contributed by atoms with Crippen LogP contribution in [0, 0.1) is 5.41 Å². The van der Waals surface area contributed by atoms with Crippen molar-refractivity contribution in [3.63, 3.8) is 0 Å². The summed E-state index contributed by atoms with van der Waals surface area (Å²) in [6.45, 7) is 0. The molecule has 2 fully saturated rings. The zero-order chi connectivity index (χ0) is 8.02. The summed E-state index contributed by atoms with van der Waals surface area (Å²) in [5.41, 5.74) is 2.12. The van der Waals surface area contributed by atoms with Gasteiger partial charge in [0.05, 0.1) is 0 Å². The molecule has 0 atom stereocenters. The van der Waals surface area contributed by atoms with Crippen LogP contribution in [0.25, 0.3) is 0 Å². The Morgan fingerprint density at radius 3 is 2.42 bits per heavy atom.